The number of rotatable bonds is 2. The third kappa shape index (κ3) is 2.35. The van der Waals surface area contributed by atoms with Gasteiger partial charge in [0.2, 0.25) is 4.96 Å². The van der Waals surface area contributed by atoms with Gasteiger partial charge in [0, 0.05) is 16.5 Å². The average Bonchev–Trinajstić information content (AvgIpc) is 3.00. The van der Waals surface area contributed by atoms with E-state index in [1.165, 1.54) is 11.3 Å². The van der Waals surface area contributed by atoms with Crippen LogP contribution in [0.5, 0.6) is 0 Å². The summed E-state index contributed by atoms with van der Waals surface area (Å²) in [6, 6.07) is 19.4. The van der Waals surface area contributed by atoms with Crippen LogP contribution in [0.1, 0.15) is 5.56 Å². The molecule has 0 fully saturated rings. The van der Waals surface area contributed by atoms with E-state index in [4.69, 9.17) is 0 Å². The van der Waals surface area contributed by atoms with Crippen LogP contribution in [-0.4, -0.2) is 14.6 Å². The Balaban J connectivity index is 1.95. The molecule has 0 aliphatic rings. The second kappa shape index (κ2) is 5.44. The van der Waals surface area contributed by atoms with Gasteiger partial charge in [0.05, 0.1) is 0 Å². The van der Waals surface area contributed by atoms with Crippen LogP contribution in [-0.2, 0) is 0 Å². The minimum absolute atomic E-state index is 0.110. The minimum atomic E-state index is -0.110. The first-order chi connectivity index (χ1) is 11.2. The van der Waals surface area contributed by atoms with E-state index in [2.05, 4.69) is 10.2 Å². The maximum atomic E-state index is 12.6. The Bertz CT molecular complexity index is 1050. The fraction of sp³-hybridized carbons (Fsp3) is 0.0556. The van der Waals surface area contributed by atoms with E-state index in [1.807, 2.05) is 61.5 Å². The highest BCUT2D eigenvalue weighted by atomic mass is 32.1. The Morgan fingerprint density at radius 1 is 0.957 bits per heavy atom. The third-order valence-electron chi connectivity index (χ3n) is 3.75. The van der Waals surface area contributed by atoms with E-state index in [1.54, 1.807) is 10.5 Å². The topological polar surface area (TPSA) is 47.3 Å². The molecule has 4 aromatic rings. The maximum absolute atomic E-state index is 12.6. The molecule has 0 atom stereocenters. The lowest BCUT2D eigenvalue weighted by Crippen LogP contribution is -2.12. The molecule has 0 saturated heterocycles. The molecular formula is C18H13N3OS. The van der Waals surface area contributed by atoms with Gasteiger partial charge in [-0.2, -0.15) is 0 Å². The van der Waals surface area contributed by atoms with Crippen molar-refractivity contribution in [2.24, 2.45) is 0 Å². The highest BCUT2D eigenvalue weighted by molar-refractivity contribution is 7.19. The molecule has 2 aromatic heterocycles. The highest BCUT2D eigenvalue weighted by Crippen LogP contribution is 2.27. The van der Waals surface area contributed by atoms with Crippen molar-refractivity contribution in [3.8, 4) is 21.8 Å². The van der Waals surface area contributed by atoms with Crippen molar-refractivity contribution in [3.05, 3.63) is 76.6 Å². The number of hydrogen-bond acceptors (Lipinski definition) is 4. The molecule has 0 aliphatic heterocycles. The fourth-order valence-electron chi connectivity index (χ4n) is 2.58. The third-order valence-corrected chi connectivity index (χ3v) is 4.77. The zero-order chi connectivity index (χ0) is 15.8. The van der Waals surface area contributed by atoms with Gasteiger partial charge in [-0.1, -0.05) is 65.9 Å². The summed E-state index contributed by atoms with van der Waals surface area (Å²) in [6.45, 7) is 2.00. The Morgan fingerprint density at radius 2 is 1.70 bits per heavy atom. The number of hydrogen-bond donors (Lipinski definition) is 0. The zero-order valence-electron chi connectivity index (χ0n) is 12.4. The molecule has 0 spiro atoms. The van der Waals surface area contributed by atoms with Crippen molar-refractivity contribution in [1.29, 1.82) is 0 Å². The summed E-state index contributed by atoms with van der Waals surface area (Å²) in [4.78, 5) is 14.1. The number of fused-ring (bicyclic) bond motifs is 1. The second-order valence-electron chi connectivity index (χ2n) is 5.27. The molecule has 4 nitrogen and oxygen atoms in total. The largest absolute Gasteiger partial charge is 0.269 e. The smallest absolute Gasteiger partial charge is 0.260 e. The molecule has 0 bridgehead atoms. The van der Waals surface area contributed by atoms with E-state index >= 15 is 0 Å². The number of aryl methyl sites for hydroxylation is 1. The lowest BCUT2D eigenvalue weighted by atomic mass is 10.1. The lowest BCUT2D eigenvalue weighted by molar-refractivity contribution is 1.09. The molecule has 2 heterocycles. The summed E-state index contributed by atoms with van der Waals surface area (Å²) < 4.78 is 1.58. The van der Waals surface area contributed by atoms with Crippen LogP contribution in [0.4, 0.5) is 0 Å². The number of aromatic nitrogens is 3. The van der Waals surface area contributed by atoms with E-state index in [0.717, 1.165) is 21.6 Å². The van der Waals surface area contributed by atoms with Crippen LogP contribution in [0.15, 0.2) is 65.5 Å². The van der Waals surface area contributed by atoms with Gasteiger partial charge in [0.1, 0.15) is 0 Å². The van der Waals surface area contributed by atoms with Gasteiger partial charge >= 0.3 is 0 Å². The summed E-state index contributed by atoms with van der Waals surface area (Å²) in [7, 11) is 0. The molecule has 0 unspecified atom stereocenters. The highest BCUT2D eigenvalue weighted by Gasteiger charge is 2.14. The van der Waals surface area contributed by atoms with Gasteiger partial charge < -0.3 is 0 Å². The molecule has 112 valence electrons. The predicted octanol–water partition coefficient (Wildman–Crippen LogP) is 3.79. The summed E-state index contributed by atoms with van der Waals surface area (Å²) in [6.07, 6.45) is 0. The zero-order valence-corrected chi connectivity index (χ0v) is 13.2. The first-order valence-corrected chi connectivity index (χ1v) is 8.06. The number of nitrogens with zero attached hydrogens (tertiary/aromatic N) is 3. The van der Waals surface area contributed by atoms with Crippen molar-refractivity contribution in [1.82, 2.24) is 14.6 Å². The van der Waals surface area contributed by atoms with Gasteiger partial charge in [0.15, 0.2) is 5.82 Å². The van der Waals surface area contributed by atoms with E-state index in [0.29, 0.717) is 10.8 Å². The molecule has 0 saturated carbocycles. The van der Waals surface area contributed by atoms with E-state index < -0.39 is 0 Å². The minimum Gasteiger partial charge on any atom is -0.269 e. The van der Waals surface area contributed by atoms with Crippen molar-refractivity contribution in [2.75, 3.05) is 0 Å². The Labute approximate surface area is 136 Å². The van der Waals surface area contributed by atoms with Crippen LogP contribution in [0, 0.1) is 6.92 Å². The van der Waals surface area contributed by atoms with Crippen molar-refractivity contribution in [2.45, 2.75) is 6.92 Å². The van der Waals surface area contributed by atoms with Crippen LogP contribution in [0.3, 0.4) is 0 Å². The Hall–Kier alpha value is -2.79. The molecule has 5 heteroatoms. The molecule has 0 aliphatic carbocycles. The summed E-state index contributed by atoms with van der Waals surface area (Å²) >= 11 is 1.46. The number of benzene rings is 2. The van der Waals surface area contributed by atoms with Gasteiger partial charge in [-0.25, -0.2) is 4.40 Å². The molecule has 0 radical (unpaired) electrons. The molecular weight excluding hydrogens is 306 g/mol. The van der Waals surface area contributed by atoms with E-state index in [-0.39, 0.29) is 5.56 Å². The van der Waals surface area contributed by atoms with Crippen molar-refractivity contribution in [3.63, 3.8) is 0 Å². The SMILES string of the molecule is Cc1ccccc1-c1nnc2sc(-c3ccccc3)cc(=O)n12. The maximum Gasteiger partial charge on any atom is 0.260 e. The van der Waals surface area contributed by atoms with Crippen LogP contribution in [0.2, 0.25) is 0 Å². The van der Waals surface area contributed by atoms with Gasteiger partial charge in [-0.15, -0.1) is 10.2 Å². The molecule has 0 N–H and O–H groups in total. The first-order valence-electron chi connectivity index (χ1n) is 7.25. The lowest BCUT2D eigenvalue weighted by Gasteiger charge is -2.04. The second-order valence-corrected chi connectivity index (χ2v) is 6.28. The average molecular weight is 319 g/mol. The van der Waals surface area contributed by atoms with Gasteiger partial charge in [-0.3, -0.25) is 4.79 Å². The van der Waals surface area contributed by atoms with Crippen LogP contribution < -0.4 is 5.56 Å². The fourth-order valence-corrected chi connectivity index (χ4v) is 3.54. The van der Waals surface area contributed by atoms with E-state index in [9.17, 15) is 4.79 Å². The van der Waals surface area contributed by atoms with Crippen molar-refractivity contribution < 1.29 is 0 Å². The van der Waals surface area contributed by atoms with Gasteiger partial charge in [0.25, 0.3) is 5.56 Å². The molecule has 0 amide bonds. The molecule has 4 rings (SSSR count). The summed E-state index contributed by atoms with van der Waals surface area (Å²) in [5.74, 6) is 0.596. The molecule has 23 heavy (non-hydrogen) atoms. The quantitative estimate of drug-likeness (QED) is 0.565. The summed E-state index contributed by atoms with van der Waals surface area (Å²) in [5, 5.41) is 8.46. The Morgan fingerprint density at radius 3 is 2.48 bits per heavy atom. The van der Waals surface area contributed by atoms with Crippen LogP contribution >= 0.6 is 11.3 Å². The Kier molecular flexibility index (Phi) is 3.28. The monoisotopic (exact) mass is 319 g/mol. The molecule has 2 aromatic carbocycles. The van der Waals surface area contributed by atoms with Crippen LogP contribution in [0.25, 0.3) is 26.8 Å². The normalized spacial score (nSPS) is 11.0. The predicted molar refractivity (Wildman–Crippen MR) is 92.7 cm³/mol. The summed E-state index contributed by atoms with van der Waals surface area (Å²) in [5.41, 5.74) is 2.90. The van der Waals surface area contributed by atoms with Gasteiger partial charge in [-0.05, 0) is 18.1 Å². The first kappa shape index (κ1) is 13.8. The standard InChI is InChI=1S/C18H13N3OS/c1-12-7-5-6-10-14(12)17-19-20-18-21(17)16(22)11-15(23-18)13-8-3-2-4-9-13/h2-11H,1H3. The van der Waals surface area contributed by atoms with Crippen molar-refractivity contribution >= 4 is 16.3 Å².